The van der Waals surface area contributed by atoms with Crippen molar-refractivity contribution >= 4 is 17.5 Å². The molecule has 0 aromatic heterocycles. The number of nitrogens with one attached hydrogen (secondary N) is 2. The van der Waals surface area contributed by atoms with Crippen molar-refractivity contribution in [3.63, 3.8) is 0 Å². The predicted molar refractivity (Wildman–Crippen MR) is 85.4 cm³/mol. The monoisotopic (exact) mass is 308 g/mol. The van der Waals surface area contributed by atoms with E-state index in [-0.39, 0.29) is 12.5 Å². The number of amides is 1. The summed E-state index contributed by atoms with van der Waals surface area (Å²) in [5.74, 6) is 2.76. The van der Waals surface area contributed by atoms with Crippen LogP contribution in [-0.4, -0.2) is 25.1 Å². The molecule has 4 nitrogen and oxygen atoms in total. The molecule has 0 saturated carbocycles. The molecule has 0 aliphatic rings. The lowest BCUT2D eigenvalue weighted by molar-refractivity contribution is -0.127. The molecular formula is C16H21ClN2O2. The average molecular weight is 309 g/mol. The van der Waals surface area contributed by atoms with Gasteiger partial charge in [-0.25, -0.2) is 0 Å². The standard InChI is InChI=1S/C16H21ClN2O2/c1-4-8-18-11-13-10-14(17)6-7-15(13)21-12(3)16(20)19-9-5-2/h2,6-7,10,12,18H,4,8-9,11H2,1,3H3,(H,19,20). The minimum atomic E-state index is -0.621. The number of hydrogen-bond acceptors (Lipinski definition) is 3. The Bertz CT molecular complexity index is 511. The van der Waals surface area contributed by atoms with Crippen molar-refractivity contribution in [2.45, 2.75) is 32.9 Å². The zero-order valence-corrected chi connectivity index (χ0v) is 13.2. The first kappa shape index (κ1) is 17.4. The molecule has 1 rings (SSSR count). The van der Waals surface area contributed by atoms with Crippen LogP contribution in [-0.2, 0) is 11.3 Å². The number of benzene rings is 1. The second-order valence-electron chi connectivity index (χ2n) is 4.61. The van der Waals surface area contributed by atoms with E-state index in [9.17, 15) is 4.79 Å². The first-order valence-electron chi connectivity index (χ1n) is 6.95. The zero-order valence-electron chi connectivity index (χ0n) is 12.4. The van der Waals surface area contributed by atoms with E-state index >= 15 is 0 Å². The van der Waals surface area contributed by atoms with Gasteiger partial charge in [-0.05, 0) is 38.1 Å². The summed E-state index contributed by atoms with van der Waals surface area (Å²) in [6.07, 6.45) is 5.53. The third-order valence-electron chi connectivity index (χ3n) is 2.80. The molecule has 1 aromatic rings. The maximum Gasteiger partial charge on any atom is 0.261 e. The lowest BCUT2D eigenvalue weighted by atomic mass is 10.2. The van der Waals surface area contributed by atoms with Crippen molar-refractivity contribution in [3.05, 3.63) is 28.8 Å². The van der Waals surface area contributed by atoms with Crippen LogP contribution in [0.15, 0.2) is 18.2 Å². The van der Waals surface area contributed by atoms with Gasteiger partial charge in [-0.2, -0.15) is 0 Å². The third kappa shape index (κ3) is 6.07. The Labute approximate surface area is 131 Å². The van der Waals surface area contributed by atoms with Crippen molar-refractivity contribution in [2.24, 2.45) is 0 Å². The van der Waals surface area contributed by atoms with Gasteiger partial charge >= 0.3 is 0 Å². The molecule has 0 aliphatic carbocycles. The van der Waals surface area contributed by atoms with Crippen LogP contribution in [0.3, 0.4) is 0 Å². The topological polar surface area (TPSA) is 50.4 Å². The highest BCUT2D eigenvalue weighted by atomic mass is 35.5. The van der Waals surface area contributed by atoms with E-state index in [1.807, 2.05) is 6.07 Å². The van der Waals surface area contributed by atoms with Gasteiger partial charge in [0, 0.05) is 17.1 Å². The van der Waals surface area contributed by atoms with E-state index < -0.39 is 6.10 Å². The van der Waals surface area contributed by atoms with E-state index in [1.165, 1.54) is 0 Å². The Morgan fingerprint density at radius 1 is 1.52 bits per heavy atom. The smallest absolute Gasteiger partial charge is 0.261 e. The molecule has 21 heavy (non-hydrogen) atoms. The summed E-state index contributed by atoms with van der Waals surface area (Å²) in [6.45, 7) is 5.52. The first-order valence-corrected chi connectivity index (χ1v) is 7.33. The molecule has 1 amide bonds. The Morgan fingerprint density at radius 2 is 2.29 bits per heavy atom. The number of carbonyl (C=O) groups excluding carboxylic acids is 1. The normalized spacial score (nSPS) is 11.5. The average Bonchev–Trinajstić information content (AvgIpc) is 2.47. The number of hydrogen-bond donors (Lipinski definition) is 2. The van der Waals surface area contributed by atoms with E-state index in [4.69, 9.17) is 22.8 Å². The second-order valence-corrected chi connectivity index (χ2v) is 5.05. The number of ether oxygens (including phenoxy) is 1. The van der Waals surface area contributed by atoms with Crippen molar-refractivity contribution in [2.75, 3.05) is 13.1 Å². The molecule has 0 heterocycles. The van der Waals surface area contributed by atoms with Crippen LogP contribution in [0.25, 0.3) is 0 Å². The van der Waals surface area contributed by atoms with Crippen LogP contribution in [0, 0.1) is 12.3 Å². The van der Waals surface area contributed by atoms with Crippen LogP contribution in [0.5, 0.6) is 5.75 Å². The van der Waals surface area contributed by atoms with Gasteiger partial charge in [0.05, 0.1) is 6.54 Å². The highest BCUT2D eigenvalue weighted by Gasteiger charge is 2.15. The molecule has 2 N–H and O–H groups in total. The van der Waals surface area contributed by atoms with Gasteiger partial charge in [-0.15, -0.1) is 6.42 Å². The lowest BCUT2D eigenvalue weighted by Crippen LogP contribution is -2.36. The highest BCUT2D eigenvalue weighted by molar-refractivity contribution is 6.30. The van der Waals surface area contributed by atoms with Gasteiger partial charge in [-0.1, -0.05) is 24.4 Å². The van der Waals surface area contributed by atoms with Gasteiger partial charge in [-0.3, -0.25) is 4.79 Å². The van der Waals surface area contributed by atoms with Gasteiger partial charge in [0.25, 0.3) is 5.91 Å². The number of rotatable bonds is 8. The molecule has 0 saturated heterocycles. The second kappa shape index (κ2) is 9.28. The van der Waals surface area contributed by atoms with Gasteiger partial charge in [0.2, 0.25) is 0 Å². The summed E-state index contributed by atoms with van der Waals surface area (Å²) >= 11 is 6.01. The Hall–Kier alpha value is -1.70. The molecule has 0 fully saturated rings. The quantitative estimate of drug-likeness (QED) is 0.572. The fourth-order valence-corrected chi connectivity index (χ4v) is 1.92. The Kier molecular flexibility index (Phi) is 7.66. The maximum absolute atomic E-state index is 11.8. The van der Waals surface area contributed by atoms with E-state index in [2.05, 4.69) is 23.5 Å². The zero-order chi connectivity index (χ0) is 15.7. The summed E-state index contributed by atoms with van der Waals surface area (Å²) in [5.41, 5.74) is 0.924. The molecule has 0 bridgehead atoms. The van der Waals surface area contributed by atoms with Crippen molar-refractivity contribution in [3.8, 4) is 18.1 Å². The summed E-state index contributed by atoms with van der Waals surface area (Å²) in [4.78, 5) is 11.8. The minimum absolute atomic E-state index is 0.193. The molecule has 1 aromatic carbocycles. The maximum atomic E-state index is 11.8. The molecule has 0 radical (unpaired) electrons. The van der Waals surface area contributed by atoms with Gasteiger partial charge in [0.15, 0.2) is 6.10 Å². The Balaban J connectivity index is 2.72. The van der Waals surface area contributed by atoms with Crippen LogP contribution in [0.1, 0.15) is 25.8 Å². The van der Waals surface area contributed by atoms with Crippen LogP contribution in [0.2, 0.25) is 5.02 Å². The van der Waals surface area contributed by atoms with E-state index in [1.54, 1.807) is 19.1 Å². The largest absolute Gasteiger partial charge is 0.481 e. The van der Waals surface area contributed by atoms with Crippen molar-refractivity contribution < 1.29 is 9.53 Å². The van der Waals surface area contributed by atoms with Crippen molar-refractivity contribution in [1.29, 1.82) is 0 Å². The molecule has 0 spiro atoms. The molecule has 0 aliphatic heterocycles. The summed E-state index contributed by atoms with van der Waals surface area (Å²) < 4.78 is 5.71. The van der Waals surface area contributed by atoms with Crippen LogP contribution in [0.4, 0.5) is 0 Å². The molecule has 1 atom stereocenters. The number of halogens is 1. The molecule has 1 unspecified atom stereocenters. The van der Waals surface area contributed by atoms with Crippen molar-refractivity contribution in [1.82, 2.24) is 10.6 Å². The minimum Gasteiger partial charge on any atom is -0.481 e. The number of terminal acetylenes is 1. The lowest BCUT2D eigenvalue weighted by Gasteiger charge is -2.17. The number of carbonyl (C=O) groups is 1. The molecule has 5 heteroatoms. The summed E-state index contributed by atoms with van der Waals surface area (Å²) in [7, 11) is 0. The molecular weight excluding hydrogens is 288 g/mol. The molecule has 114 valence electrons. The summed E-state index contributed by atoms with van der Waals surface area (Å²) in [6, 6.07) is 5.36. The van der Waals surface area contributed by atoms with Gasteiger partial charge in [0.1, 0.15) is 5.75 Å². The van der Waals surface area contributed by atoms with E-state index in [0.717, 1.165) is 18.5 Å². The highest BCUT2D eigenvalue weighted by Crippen LogP contribution is 2.24. The third-order valence-corrected chi connectivity index (χ3v) is 3.04. The van der Waals surface area contributed by atoms with Crippen LogP contribution >= 0.6 is 11.6 Å². The summed E-state index contributed by atoms with van der Waals surface area (Å²) in [5, 5.41) is 6.52. The predicted octanol–water partition coefficient (Wildman–Crippen LogP) is 2.36. The first-order chi connectivity index (χ1) is 10.1. The SMILES string of the molecule is C#CCNC(=O)C(C)Oc1ccc(Cl)cc1CNCCC. The van der Waals surface area contributed by atoms with Crippen LogP contribution < -0.4 is 15.4 Å². The van der Waals surface area contributed by atoms with E-state index in [0.29, 0.717) is 17.3 Å². The fraction of sp³-hybridized carbons (Fsp3) is 0.438. The Morgan fingerprint density at radius 3 is 2.95 bits per heavy atom. The van der Waals surface area contributed by atoms with Gasteiger partial charge < -0.3 is 15.4 Å². The fourth-order valence-electron chi connectivity index (χ4n) is 1.73.